The van der Waals surface area contributed by atoms with Gasteiger partial charge in [-0.05, 0) is 0 Å². The zero-order chi connectivity index (χ0) is 0. The second kappa shape index (κ2) is 79.2. The maximum Gasteiger partial charge on any atom is 0 e. The topological polar surface area (TPSA) is 0 Å². The summed E-state index contributed by atoms with van der Waals surface area (Å²) in [5, 5.41) is 0. The van der Waals surface area contributed by atoms with Crippen molar-refractivity contribution in [3.63, 3.8) is 0 Å². The second-order valence-electron chi connectivity index (χ2n) is 0. The van der Waals surface area contributed by atoms with Crippen LogP contribution in [0.4, 0.5) is 0 Å². The number of hydrogen-bond donors (Lipinski definition) is 0. The minimum absolute atomic E-state index is 0. The molecule has 0 aromatic carbocycles. The fourth-order valence-corrected chi connectivity index (χ4v) is 0. The van der Waals surface area contributed by atoms with E-state index in [0.29, 0.717) is 0 Å². The van der Waals surface area contributed by atoms with Crippen LogP contribution in [0.25, 0.3) is 0 Å². The first kappa shape index (κ1) is 106. The molecule has 0 heterocycles. The van der Waals surface area contributed by atoms with E-state index in [4.69, 9.17) is 0 Å². The normalized spacial score (nSPS) is 0. The molecular weight excluding hydrogens is 382 g/mol. The van der Waals surface area contributed by atoms with Crippen LogP contribution in [0.5, 0.6) is 0 Å². The summed E-state index contributed by atoms with van der Waals surface area (Å²) in [7, 11) is 0. The van der Waals surface area contributed by atoms with Crippen molar-refractivity contribution in [3.8, 4) is 0 Å². The average Bonchev–Trinajstić information content (AvgIpc) is 0. The zero-order valence-electron chi connectivity index (χ0n) is 3.00. The monoisotopic (exact) mass is 390 g/mol. The molecule has 0 aliphatic rings. The largest absolute Gasteiger partial charge is 0.197 e. The Morgan fingerprint density at radius 2 is 1.00 bits per heavy atom. The molecule has 0 bridgehead atoms. The van der Waals surface area contributed by atoms with E-state index >= 15 is 0 Å². The van der Waals surface area contributed by atoms with Crippen molar-refractivity contribution in [3.05, 3.63) is 0 Å². The smallest absolute Gasteiger partial charge is 0 e. The van der Waals surface area contributed by atoms with Gasteiger partial charge in [0.05, 0.1) is 0 Å². The van der Waals surface area contributed by atoms with E-state index in [2.05, 4.69) is 0 Å². The molecule has 0 aliphatic heterocycles. The van der Waals surface area contributed by atoms with Gasteiger partial charge < -0.3 is 0 Å². The molecule has 0 saturated heterocycles. The Labute approximate surface area is 121 Å². The van der Waals surface area contributed by atoms with Crippen LogP contribution >= 0.6 is 13.5 Å². The fourth-order valence-electron chi connectivity index (χ4n) is 0. The van der Waals surface area contributed by atoms with Crippen molar-refractivity contribution in [2.24, 2.45) is 0 Å². The van der Waals surface area contributed by atoms with Crippen LogP contribution in [0.1, 0.15) is 7.43 Å². The van der Waals surface area contributed by atoms with Crippen LogP contribution in [0.2, 0.25) is 0 Å². The summed E-state index contributed by atoms with van der Waals surface area (Å²) in [6.45, 7) is 0. The Morgan fingerprint density at radius 3 is 1.00 bits per heavy atom. The van der Waals surface area contributed by atoms with Gasteiger partial charge in [-0.15, -0.1) is 0 Å². The standard InChI is InChI=1S/CH4.Cr.Fe.Mn.Mo.H2S.Si.V/h1H4;;;;;1H2;;. The molecule has 0 spiro atoms. The molecule has 8 heavy (non-hydrogen) atoms. The fraction of sp³-hybridized carbons (Fsp3) is 1.00. The third kappa shape index (κ3) is 57.2. The molecule has 0 amide bonds. The van der Waals surface area contributed by atoms with Gasteiger partial charge in [-0.2, -0.15) is 13.5 Å². The van der Waals surface area contributed by atoms with E-state index in [-0.39, 0.29) is 123 Å². The molecule has 0 aromatic heterocycles. The van der Waals surface area contributed by atoms with E-state index < -0.39 is 0 Å². The first-order valence-corrected chi connectivity index (χ1v) is 0. The summed E-state index contributed by atoms with van der Waals surface area (Å²) in [6.07, 6.45) is 0. The Hall–Kier alpha value is 3.41. The predicted octanol–water partition coefficient (Wildman–Crippen LogP) is 0.356. The minimum Gasteiger partial charge on any atom is -0.197 e. The van der Waals surface area contributed by atoms with Crippen molar-refractivity contribution < 1.29 is 91.1 Å². The molecule has 0 fully saturated rings. The Morgan fingerprint density at radius 1 is 1.00 bits per heavy atom. The maximum atomic E-state index is 0. The molecule has 0 aliphatic carbocycles. The summed E-state index contributed by atoms with van der Waals surface area (Å²) in [5.41, 5.74) is 0. The van der Waals surface area contributed by atoms with Gasteiger partial charge in [-0.25, -0.2) is 0 Å². The summed E-state index contributed by atoms with van der Waals surface area (Å²) in [6, 6.07) is 0. The zero-order valence-corrected chi connectivity index (χ0v) is 12.0. The van der Waals surface area contributed by atoms with E-state index in [9.17, 15) is 0 Å². The minimum atomic E-state index is 0. The van der Waals surface area contributed by atoms with Gasteiger partial charge in [0.2, 0.25) is 0 Å². The molecule has 0 atom stereocenters. The van der Waals surface area contributed by atoms with Gasteiger partial charge in [0.25, 0.3) is 0 Å². The van der Waals surface area contributed by atoms with E-state index in [1.165, 1.54) is 0 Å². The number of hydrogen-bond acceptors (Lipinski definition) is 0. The molecule has 0 saturated carbocycles. The van der Waals surface area contributed by atoms with Crippen LogP contribution in [0, 0.1) is 0 Å². The first-order valence-electron chi connectivity index (χ1n) is 0. The van der Waals surface area contributed by atoms with Crippen molar-refractivity contribution >= 4 is 24.5 Å². The first-order chi connectivity index (χ1) is 0. The molecule has 0 unspecified atom stereocenters. The Kier molecular flexibility index (Phi) is 1050. The molecule has 0 nitrogen and oxygen atoms in total. The number of rotatable bonds is 0. The van der Waals surface area contributed by atoms with E-state index in [1.807, 2.05) is 0 Å². The van der Waals surface area contributed by atoms with Crippen molar-refractivity contribution in [1.82, 2.24) is 0 Å². The summed E-state index contributed by atoms with van der Waals surface area (Å²) >= 11 is 0. The van der Waals surface area contributed by atoms with Gasteiger partial charge in [-0.1, -0.05) is 7.43 Å². The third-order valence-electron chi connectivity index (χ3n) is 0. The average molecular weight is 388 g/mol. The molecule has 6 radical (unpaired) electrons. The van der Waals surface area contributed by atoms with Crippen LogP contribution < -0.4 is 0 Å². The van der Waals surface area contributed by atoms with E-state index in [1.54, 1.807) is 0 Å². The molecule has 7 heteroatoms. The van der Waals surface area contributed by atoms with Crippen LogP contribution in [-0.4, -0.2) is 11.0 Å². The summed E-state index contributed by atoms with van der Waals surface area (Å²) in [5.74, 6) is 0. The molecule has 52 valence electrons. The second-order valence-corrected chi connectivity index (χ2v) is 0. The van der Waals surface area contributed by atoms with Crippen molar-refractivity contribution in [2.75, 3.05) is 0 Å². The van der Waals surface area contributed by atoms with Crippen molar-refractivity contribution in [1.29, 1.82) is 0 Å². The molecular formula is CH6CrFeMnMoSSiV. The van der Waals surface area contributed by atoms with E-state index in [0.717, 1.165) is 0 Å². The van der Waals surface area contributed by atoms with Gasteiger partial charge in [0.15, 0.2) is 0 Å². The van der Waals surface area contributed by atoms with Gasteiger partial charge >= 0.3 is 0 Å². The summed E-state index contributed by atoms with van der Waals surface area (Å²) < 4.78 is 0. The predicted molar refractivity (Wildman–Crippen MR) is 22.9 cm³/mol. The Balaban J connectivity index is 0. The van der Waals surface area contributed by atoms with Crippen molar-refractivity contribution in [2.45, 2.75) is 7.43 Å². The Bertz CT molecular complexity index is 24.0. The van der Waals surface area contributed by atoms with Crippen LogP contribution in [0.15, 0.2) is 0 Å². The van der Waals surface area contributed by atoms with Crippen LogP contribution in [-0.2, 0) is 91.1 Å². The van der Waals surface area contributed by atoms with Gasteiger partial charge in [-0.3, -0.25) is 0 Å². The summed E-state index contributed by atoms with van der Waals surface area (Å²) in [4.78, 5) is 0. The van der Waals surface area contributed by atoms with Gasteiger partial charge in [0, 0.05) is 102 Å². The molecule has 0 rings (SSSR count). The SMILES string of the molecule is C.S.[Cr].[Fe].[Mn].[Mo].[Si].[V]. The third-order valence-corrected chi connectivity index (χ3v) is 0. The quantitative estimate of drug-likeness (QED) is 0.526. The maximum absolute atomic E-state index is 0. The molecule has 0 aromatic rings. The van der Waals surface area contributed by atoms with Gasteiger partial charge in [0.1, 0.15) is 0 Å². The molecule has 0 N–H and O–H groups in total. The van der Waals surface area contributed by atoms with Crippen LogP contribution in [0.3, 0.4) is 0 Å².